The van der Waals surface area contributed by atoms with Crippen LogP contribution in [0.5, 0.6) is 5.75 Å². The SMILES string of the molecule is C.C.CC(C)C1CC2CC1N(Cc1c(F)cccc1F)C2.COc1cccc(F)c1CN1CC2CC(C(C)C)C1C2. The predicted molar refractivity (Wildman–Crippen MR) is 163 cm³/mol. The van der Waals surface area contributed by atoms with Crippen LogP contribution in [0.3, 0.4) is 0 Å². The quantitative estimate of drug-likeness (QED) is 0.329. The molecule has 2 saturated heterocycles. The summed E-state index contributed by atoms with van der Waals surface area (Å²) in [6.45, 7) is 12.4. The topological polar surface area (TPSA) is 15.7 Å². The number of hydrogen-bond donors (Lipinski definition) is 0. The lowest BCUT2D eigenvalue weighted by molar-refractivity contribution is 0.120. The first-order chi connectivity index (χ1) is 18.7. The van der Waals surface area contributed by atoms with Crippen molar-refractivity contribution in [3.63, 3.8) is 0 Å². The van der Waals surface area contributed by atoms with Crippen molar-refractivity contribution in [1.82, 2.24) is 9.80 Å². The van der Waals surface area contributed by atoms with Gasteiger partial charge in [0.1, 0.15) is 23.2 Å². The zero-order chi connectivity index (χ0) is 27.8. The van der Waals surface area contributed by atoms with Crippen LogP contribution in [0.1, 0.15) is 79.4 Å². The van der Waals surface area contributed by atoms with Crippen molar-refractivity contribution >= 4 is 0 Å². The normalized spacial score (nSPS) is 28.4. The van der Waals surface area contributed by atoms with Crippen molar-refractivity contribution in [3.05, 3.63) is 65.0 Å². The Balaban J connectivity index is 0.000000215. The van der Waals surface area contributed by atoms with Crippen LogP contribution < -0.4 is 4.74 Å². The fraction of sp³-hybridized carbons (Fsp3) is 0.657. The van der Waals surface area contributed by atoms with Crippen molar-refractivity contribution in [3.8, 4) is 5.75 Å². The molecule has 6 atom stereocenters. The highest BCUT2D eigenvalue weighted by Gasteiger charge is 2.46. The van der Waals surface area contributed by atoms with Crippen LogP contribution in [0.2, 0.25) is 0 Å². The highest BCUT2D eigenvalue weighted by molar-refractivity contribution is 5.34. The lowest BCUT2D eigenvalue weighted by Gasteiger charge is -2.35. The lowest BCUT2D eigenvalue weighted by Crippen LogP contribution is -2.39. The van der Waals surface area contributed by atoms with Gasteiger partial charge in [0.15, 0.2) is 0 Å². The van der Waals surface area contributed by atoms with Crippen LogP contribution in [-0.2, 0) is 13.1 Å². The fourth-order valence-electron chi connectivity index (χ4n) is 8.15. The summed E-state index contributed by atoms with van der Waals surface area (Å²) >= 11 is 0. The summed E-state index contributed by atoms with van der Waals surface area (Å²) in [5.41, 5.74) is 0.947. The molecule has 4 fully saturated rings. The second-order valence-electron chi connectivity index (χ2n) is 13.1. The van der Waals surface area contributed by atoms with Gasteiger partial charge in [0, 0.05) is 49.4 Å². The minimum Gasteiger partial charge on any atom is -0.496 e. The smallest absolute Gasteiger partial charge is 0.131 e. The van der Waals surface area contributed by atoms with Crippen molar-refractivity contribution in [2.75, 3.05) is 20.2 Å². The van der Waals surface area contributed by atoms with Gasteiger partial charge in [0.05, 0.1) is 7.11 Å². The molecule has 0 amide bonds. The second kappa shape index (κ2) is 13.9. The molecule has 2 aromatic carbocycles. The molecule has 2 heterocycles. The molecule has 0 radical (unpaired) electrons. The summed E-state index contributed by atoms with van der Waals surface area (Å²) in [6, 6.07) is 10.4. The van der Waals surface area contributed by atoms with Gasteiger partial charge in [-0.3, -0.25) is 9.80 Å². The minimum atomic E-state index is -0.413. The molecule has 2 aliphatic carbocycles. The van der Waals surface area contributed by atoms with Crippen molar-refractivity contribution in [2.45, 2.75) is 93.4 Å². The van der Waals surface area contributed by atoms with Crippen molar-refractivity contribution in [1.29, 1.82) is 0 Å². The van der Waals surface area contributed by atoms with Gasteiger partial charge >= 0.3 is 0 Å². The largest absolute Gasteiger partial charge is 0.496 e. The summed E-state index contributed by atoms with van der Waals surface area (Å²) in [5, 5.41) is 0. The lowest BCUT2D eigenvalue weighted by atomic mass is 9.87. The molecule has 0 aromatic heterocycles. The Kier molecular flexibility index (Phi) is 11.4. The maximum atomic E-state index is 14.1. The zero-order valence-corrected chi connectivity index (χ0v) is 24.2. The highest BCUT2D eigenvalue weighted by Crippen LogP contribution is 2.47. The molecule has 41 heavy (non-hydrogen) atoms. The Bertz CT molecular complexity index is 1120. The summed E-state index contributed by atoms with van der Waals surface area (Å²) in [6.07, 6.45) is 5.14. The molecule has 6 unspecified atom stereocenters. The van der Waals surface area contributed by atoms with E-state index in [0.29, 0.717) is 48.3 Å². The van der Waals surface area contributed by atoms with Crippen molar-refractivity contribution in [2.24, 2.45) is 35.5 Å². The van der Waals surface area contributed by atoms with Gasteiger partial charge in [-0.2, -0.15) is 0 Å². The van der Waals surface area contributed by atoms with Gasteiger partial charge in [0.25, 0.3) is 0 Å². The predicted octanol–water partition coefficient (Wildman–Crippen LogP) is 8.80. The fourth-order valence-corrected chi connectivity index (χ4v) is 8.15. The molecule has 4 bridgehead atoms. The average Bonchev–Trinajstić information content (AvgIpc) is 3.68. The van der Waals surface area contributed by atoms with Crippen molar-refractivity contribution < 1.29 is 17.9 Å². The summed E-state index contributed by atoms with van der Waals surface area (Å²) < 4.78 is 46.9. The molecule has 0 N–H and O–H groups in total. The van der Waals surface area contributed by atoms with Gasteiger partial charge in [-0.05, 0) is 85.5 Å². The van der Waals surface area contributed by atoms with Gasteiger partial charge in [0.2, 0.25) is 0 Å². The van der Waals surface area contributed by atoms with Crippen LogP contribution in [-0.4, -0.2) is 42.1 Å². The van der Waals surface area contributed by atoms with Gasteiger partial charge < -0.3 is 4.74 Å². The number of benzene rings is 2. The molecule has 3 nitrogen and oxygen atoms in total. The van der Waals surface area contributed by atoms with Crippen LogP contribution in [0, 0.1) is 53.0 Å². The molecule has 2 saturated carbocycles. The van der Waals surface area contributed by atoms with E-state index < -0.39 is 11.6 Å². The Morgan fingerprint density at radius 1 is 0.683 bits per heavy atom. The number of fused-ring (bicyclic) bond motifs is 4. The van der Waals surface area contributed by atoms with Gasteiger partial charge in [-0.15, -0.1) is 0 Å². The van der Waals surface area contributed by atoms with E-state index in [4.69, 9.17) is 4.74 Å². The summed E-state index contributed by atoms with van der Waals surface area (Å²) in [4.78, 5) is 4.76. The maximum Gasteiger partial charge on any atom is 0.131 e. The molecule has 2 aromatic rings. The first-order valence-corrected chi connectivity index (χ1v) is 14.9. The molecule has 6 heteroatoms. The summed E-state index contributed by atoms with van der Waals surface area (Å²) in [5.74, 6) is 4.07. The van der Waals surface area contributed by atoms with E-state index in [1.807, 2.05) is 6.07 Å². The van der Waals surface area contributed by atoms with E-state index in [1.165, 1.54) is 49.9 Å². The first-order valence-electron chi connectivity index (χ1n) is 14.9. The van der Waals surface area contributed by atoms with Crippen LogP contribution >= 0.6 is 0 Å². The molecule has 4 aliphatic rings. The highest BCUT2D eigenvalue weighted by atomic mass is 19.1. The van der Waals surface area contributed by atoms with E-state index in [-0.39, 0.29) is 26.2 Å². The van der Waals surface area contributed by atoms with Gasteiger partial charge in [-0.25, -0.2) is 13.2 Å². The Morgan fingerprint density at radius 3 is 1.51 bits per heavy atom. The third-order valence-electron chi connectivity index (χ3n) is 10.1. The molecule has 230 valence electrons. The van der Waals surface area contributed by atoms with E-state index in [1.54, 1.807) is 13.2 Å². The van der Waals surface area contributed by atoms with E-state index in [2.05, 4.69) is 37.5 Å². The number of ether oxygens (including phenoxy) is 1. The first kappa shape index (κ1) is 33.5. The number of rotatable bonds is 7. The monoisotopic (exact) mass is 574 g/mol. The van der Waals surface area contributed by atoms with Gasteiger partial charge in [-0.1, -0.05) is 54.7 Å². The molecular weight excluding hydrogens is 521 g/mol. The molecular formula is C35H53F3N2O. The number of methoxy groups -OCH3 is 1. The van der Waals surface area contributed by atoms with E-state index in [9.17, 15) is 13.2 Å². The number of nitrogens with zero attached hydrogens (tertiary/aromatic N) is 2. The second-order valence-corrected chi connectivity index (χ2v) is 13.1. The Morgan fingerprint density at radius 2 is 1.10 bits per heavy atom. The molecule has 6 rings (SSSR count). The van der Waals surface area contributed by atoms with E-state index in [0.717, 1.165) is 36.8 Å². The molecule has 2 aliphatic heterocycles. The van der Waals surface area contributed by atoms with Crippen LogP contribution in [0.15, 0.2) is 36.4 Å². The minimum absolute atomic E-state index is 0. The summed E-state index contributed by atoms with van der Waals surface area (Å²) in [7, 11) is 1.62. The number of likely N-dealkylation sites (tertiary alicyclic amines) is 2. The number of piperidine rings is 2. The Labute approximate surface area is 247 Å². The van der Waals surface area contributed by atoms with E-state index >= 15 is 0 Å². The maximum absolute atomic E-state index is 14.1. The zero-order valence-electron chi connectivity index (χ0n) is 24.2. The number of halogens is 3. The molecule has 0 spiro atoms. The third kappa shape index (κ3) is 6.96. The van der Waals surface area contributed by atoms with Crippen LogP contribution in [0.25, 0.3) is 0 Å². The Hall–Kier alpha value is -2.05. The standard InChI is InChI=1S/C17H24FNO.C16H21F2N.2CH4/c1-11(2)13-7-12-8-16(13)19(9-12)10-14-15(18)5-4-6-17(14)20-3;1-10(2)12-6-11-7-16(12)19(8-11)9-13-14(17)4-3-5-15(13)18;;/h4-6,11-13,16H,7-10H2,1-3H3;3-5,10-12,16H,6-9H2,1-2H3;2*1H4. The average molecular weight is 575 g/mol. The number of hydrogen-bond acceptors (Lipinski definition) is 3. The van der Waals surface area contributed by atoms with Crippen LogP contribution in [0.4, 0.5) is 13.2 Å². The third-order valence-corrected chi connectivity index (χ3v) is 10.1.